The van der Waals surface area contributed by atoms with Gasteiger partial charge in [-0.25, -0.2) is 9.80 Å². The Morgan fingerprint density at radius 2 is 1.59 bits per heavy atom. The SMILES string of the molecule is Cn1c(=O)n(C)c2cc(/C=C3\C(=O)NN(c4ccc(Br)cc4)C3=O)ccc21. The lowest BCUT2D eigenvalue weighted by Crippen LogP contribution is -2.35. The molecule has 0 bridgehead atoms. The summed E-state index contributed by atoms with van der Waals surface area (Å²) in [7, 11) is 3.39. The van der Waals surface area contributed by atoms with E-state index in [1.807, 2.05) is 0 Å². The lowest BCUT2D eigenvalue weighted by molar-refractivity contribution is -0.117. The Balaban J connectivity index is 1.73. The van der Waals surface area contributed by atoms with Crippen molar-refractivity contribution in [1.29, 1.82) is 0 Å². The van der Waals surface area contributed by atoms with E-state index in [0.29, 0.717) is 11.3 Å². The third-order valence-electron chi connectivity index (χ3n) is 4.58. The maximum Gasteiger partial charge on any atom is 0.328 e. The van der Waals surface area contributed by atoms with Crippen molar-refractivity contribution in [3.05, 3.63) is 68.6 Å². The first-order valence-electron chi connectivity index (χ1n) is 8.15. The van der Waals surface area contributed by atoms with E-state index < -0.39 is 11.8 Å². The van der Waals surface area contributed by atoms with E-state index in [1.54, 1.807) is 61.1 Å². The Kier molecular flexibility index (Phi) is 4.00. The van der Waals surface area contributed by atoms with Gasteiger partial charge in [0.2, 0.25) is 0 Å². The predicted octanol–water partition coefficient (Wildman–Crippen LogP) is 2.10. The van der Waals surface area contributed by atoms with E-state index in [2.05, 4.69) is 21.4 Å². The van der Waals surface area contributed by atoms with E-state index in [4.69, 9.17) is 0 Å². The summed E-state index contributed by atoms with van der Waals surface area (Å²) >= 11 is 3.34. The van der Waals surface area contributed by atoms with Crippen LogP contribution in [0.15, 0.2) is 57.3 Å². The number of rotatable bonds is 2. The second kappa shape index (κ2) is 6.24. The molecular formula is C19H15BrN4O3. The Morgan fingerprint density at radius 3 is 2.30 bits per heavy atom. The van der Waals surface area contributed by atoms with Gasteiger partial charge in [-0.05, 0) is 48.0 Å². The van der Waals surface area contributed by atoms with E-state index in [1.165, 1.54) is 15.7 Å². The first-order chi connectivity index (χ1) is 12.9. The summed E-state index contributed by atoms with van der Waals surface area (Å²) in [6.45, 7) is 0. The zero-order chi connectivity index (χ0) is 19.3. The number of aryl methyl sites for hydroxylation is 2. The van der Waals surface area contributed by atoms with E-state index in [-0.39, 0.29) is 11.3 Å². The van der Waals surface area contributed by atoms with Crippen LogP contribution in [-0.2, 0) is 23.7 Å². The first kappa shape index (κ1) is 17.3. The number of fused-ring (bicyclic) bond motifs is 1. The summed E-state index contributed by atoms with van der Waals surface area (Å²) in [5.74, 6) is -0.894. The highest BCUT2D eigenvalue weighted by Crippen LogP contribution is 2.24. The molecule has 136 valence electrons. The number of nitrogens with one attached hydrogen (secondary N) is 1. The third kappa shape index (κ3) is 2.78. The van der Waals surface area contributed by atoms with Crippen LogP contribution in [0, 0.1) is 0 Å². The quantitative estimate of drug-likeness (QED) is 0.503. The molecule has 1 aliphatic heterocycles. The topological polar surface area (TPSA) is 76.3 Å². The van der Waals surface area contributed by atoms with Gasteiger partial charge in [0.15, 0.2) is 0 Å². The van der Waals surface area contributed by atoms with Gasteiger partial charge in [0.05, 0.1) is 16.7 Å². The zero-order valence-corrected chi connectivity index (χ0v) is 16.1. The van der Waals surface area contributed by atoms with Crippen molar-refractivity contribution in [2.75, 3.05) is 5.01 Å². The Morgan fingerprint density at radius 1 is 0.926 bits per heavy atom. The van der Waals surface area contributed by atoms with Crippen LogP contribution in [0.5, 0.6) is 0 Å². The molecule has 0 aliphatic carbocycles. The fraction of sp³-hybridized carbons (Fsp3) is 0.105. The third-order valence-corrected chi connectivity index (χ3v) is 5.11. The van der Waals surface area contributed by atoms with Crippen LogP contribution in [0.1, 0.15) is 5.56 Å². The second-order valence-electron chi connectivity index (χ2n) is 6.26. The molecule has 0 spiro atoms. The van der Waals surface area contributed by atoms with Crippen LogP contribution in [0.3, 0.4) is 0 Å². The summed E-state index contributed by atoms with van der Waals surface area (Å²) in [5, 5.41) is 1.22. The maximum atomic E-state index is 12.7. The molecule has 1 N–H and O–H groups in total. The number of hydrazine groups is 1. The van der Waals surface area contributed by atoms with E-state index in [0.717, 1.165) is 15.5 Å². The molecule has 0 atom stereocenters. The Hall–Kier alpha value is -3.13. The number of amides is 2. The van der Waals surface area contributed by atoms with Gasteiger partial charge in [0, 0.05) is 18.6 Å². The molecule has 2 amide bonds. The van der Waals surface area contributed by atoms with Crippen LogP contribution in [-0.4, -0.2) is 20.9 Å². The number of hydrogen-bond acceptors (Lipinski definition) is 3. The number of benzene rings is 2. The largest absolute Gasteiger partial charge is 0.328 e. The molecule has 0 saturated carbocycles. The smallest absolute Gasteiger partial charge is 0.295 e. The van der Waals surface area contributed by atoms with Gasteiger partial charge in [0.1, 0.15) is 5.57 Å². The second-order valence-corrected chi connectivity index (χ2v) is 7.18. The molecule has 27 heavy (non-hydrogen) atoms. The van der Waals surface area contributed by atoms with Crippen molar-refractivity contribution in [3.63, 3.8) is 0 Å². The molecule has 1 saturated heterocycles. The van der Waals surface area contributed by atoms with Gasteiger partial charge in [-0.15, -0.1) is 0 Å². The number of hydrogen-bond donors (Lipinski definition) is 1. The number of aromatic nitrogens is 2. The molecule has 1 fully saturated rings. The van der Waals surface area contributed by atoms with Gasteiger partial charge in [-0.1, -0.05) is 22.0 Å². The fourth-order valence-corrected chi connectivity index (χ4v) is 3.37. The minimum Gasteiger partial charge on any atom is -0.295 e. The minimum absolute atomic E-state index is 0.0400. The lowest BCUT2D eigenvalue weighted by atomic mass is 10.1. The molecule has 0 radical (unpaired) electrons. The highest BCUT2D eigenvalue weighted by Gasteiger charge is 2.34. The molecule has 2 aromatic carbocycles. The average molecular weight is 427 g/mol. The Bertz CT molecular complexity index is 1190. The minimum atomic E-state index is -0.468. The van der Waals surface area contributed by atoms with Crippen molar-refractivity contribution in [3.8, 4) is 0 Å². The molecule has 3 aromatic rings. The van der Waals surface area contributed by atoms with Crippen LogP contribution in [0.2, 0.25) is 0 Å². The number of halogens is 1. The zero-order valence-electron chi connectivity index (χ0n) is 14.6. The molecule has 4 rings (SSSR count). The summed E-state index contributed by atoms with van der Waals surface area (Å²) in [4.78, 5) is 37.1. The first-order valence-corrected chi connectivity index (χ1v) is 8.94. The van der Waals surface area contributed by atoms with Gasteiger partial charge >= 0.3 is 5.69 Å². The van der Waals surface area contributed by atoms with Gasteiger partial charge in [-0.3, -0.25) is 24.1 Å². The highest BCUT2D eigenvalue weighted by atomic mass is 79.9. The molecule has 7 nitrogen and oxygen atoms in total. The number of carbonyl (C=O) groups excluding carboxylic acids is 2. The molecule has 8 heteroatoms. The van der Waals surface area contributed by atoms with Crippen molar-refractivity contribution < 1.29 is 9.59 Å². The molecule has 1 aromatic heterocycles. The molecule has 0 unspecified atom stereocenters. The molecule has 1 aliphatic rings. The molecular weight excluding hydrogens is 412 g/mol. The van der Waals surface area contributed by atoms with Crippen molar-refractivity contribution in [2.45, 2.75) is 0 Å². The lowest BCUT2D eigenvalue weighted by Gasteiger charge is -2.14. The maximum absolute atomic E-state index is 12.7. The van der Waals surface area contributed by atoms with Gasteiger partial charge in [0.25, 0.3) is 11.8 Å². The summed E-state index contributed by atoms with van der Waals surface area (Å²) < 4.78 is 3.96. The van der Waals surface area contributed by atoms with E-state index >= 15 is 0 Å². The highest BCUT2D eigenvalue weighted by molar-refractivity contribution is 9.10. The number of carbonyl (C=O) groups is 2. The van der Waals surface area contributed by atoms with Crippen molar-refractivity contribution in [1.82, 2.24) is 14.6 Å². The van der Waals surface area contributed by atoms with Crippen LogP contribution >= 0.6 is 15.9 Å². The summed E-state index contributed by atoms with van der Waals surface area (Å²) in [6.07, 6.45) is 1.54. The van der Waals surface area contributed by atoms with Crippen LogP contribution in [0.25, 0.3) is 17.1 Å². The standard InChI is InChI=1S/C19H15BrN4O3/c1-22-15-8-3-11(10-16(15)23(2)19(22)27)9-14-17(25)21-24(18(14)26)13-6-4-12(20)5-7-13/h3-10H,1-2H3,(H,21,25)/b14-9+. The van der Waals surface area contributed by atoms with Crippen molar-refractivity contribution in [2.24, 2.45) is 14.1 Å². The predicted molar refractivity (Wildman–Crippen MR) is 106 cm³/mol. The summed E-state index contributed by atoms with van der Waals surface area (Å²) in [5.41, 5.74) is 5.23. The number of anilines is 1. The average Bonchev–Trinajstić information content (AvgIpc) is 3.05. The molecule has 2 heterocycles. The summed E-state index contributed by atoms with van der Waals surface area (Å²) in [6, 6.07) is 12.4. The van der Waals surface area contributed by atoms with Gasteiger partial charge in [-0.2, -0.15) is 0 Å². The fourth-order valence-electron chi connectivity index (χ4n) is 3.11. The number of nitrogens with zero attached hydrogens (tertiary/aromatic N) is 3. The Labute approximate surface area is 162 Å². The van der Waals surface area contributed by atoms with Crippen LogP contribution < -0.4 is 16.1 Å². The van der Waals surface area contributed by atoms with Crippen LogP contribution in [0.4, 0.5) is 5.69 Å². The van der Waals surface area contributed by atoms with E-state index in [9.17, 15) is 14.4 Å². The normalized spacial score (nSPS) is 15.8. The van der Waals surface area contributed by atoms with Crippen molar-refractivity contribution >= 4 is 50.5 Å². The monoisotopic (exact) mass is 426 g/mol. The van der Waals surface area contributed by atoms with Gasteiger partial charge < -0.3 is 0 Å². The number of imidazole rings is 1.